The molecule has 0 saturated heterocycles. The minimum atomic E-state index is -4.99. The lowest BCUT2D eigenvalue weighted by molar-refractivity contribution is -0.140. The van der Waals surface area contributed by atoms with Gasteiger partial charge in [0, 0.05) is 23.3 Å². The molecule has 0 atom stereocenters. The fourth-order valence-corrected chi connectivity index (χ4v) is 3.63. The van der Waals surface area contributed by atoms with Crippen molar-refractivity contribution in [2.45, 2.75) is 12.4 Å². The van der Waals surface area contributed by atoms with Gasteiger partial charge in [0.2, 0.25) is 0 Å². The van der Waals surface area contributed by atoms with E-state index in [1.165, 1.54) is 44.7 Å². The maximum absolute atomic E-state index is 13.3. The second-order valence-electron chi connectivity index (χ2n) is 7.99. The highest BCUT2D eigenvalue weighted by Gasteiger charge is 2.37. The second-order valence-corrected chi connectivity index (χ2v) is 7.99. The smallest absolute Gasteiger partial charge is 0.418 e. The quantitative estimate of drug-likeness (QED) is 0.240. The third kappa shape index (κ3) is 6.25. The molecule has 39 heavy (non-hydrogen) atoms. The minimum Gasteiger partial charge on any atom is -0.493 e. The molecule has 0 bridgehead atoms. The van der Waals surface area contributed by atoms with Gasteiger partial charge in [-0.15, -0.1) is 0 Å². The second kappa shape index (κ2) is 10.6. The van der Waals surface area contributed by atoms with E-state index >= 15 is 0 Å². The monoisotopic (exact) mass is 551 g/mol. The van der Waals surface area contributed by atoms with Crippen LogP contribution in [0.2, 0.25) is 0 Å². The molecule has 0 aliphatic carbocycles. The Bertz CT molecular complexity index is 1510. The van der Waals surface area contributed by atoms with Gasteiger partial charge in [0.15, 0.2) is 11.5 Å². The van der Waals surface area contributed by atoms with Crippen molar-refractivity contribution in [1.29, 1.82) is 0 Å². The zero-order valence-electron chi connectivity index (χ0n) is 20.2. The van der Waals surface area contributed by atoms with Gasteiger partial charge in [0.05, 0.1) is 36.6 Å². The van der Waals surface area contributed by atoms with E-state index in [0.29, 0.717) is 40.0 Å². The Morgan fingerprint density at radius 3 is 2.05 bits per heavy atom. The first-order chi connectivity index (χ1) is 18.4. The summed E-state index contributed by atoms with van der Waals surface area (Å²) in [4.78, 5) is 16.6. The molecule has 4 aromatic rings. The zero-order chi connectivity index (χ0) is 28.4. The molecule has 2 N–H and O–H groups in total. The molecular formula is C26H19F6N3O4. The summed E-state index contributed by atoms with van der Waals surface area (Å²) in [5.74, 6) is 1.72. The van der Waals surface area contributed by atoms with E-state index in [1.54, 1.807) is 18.2 Å². The summed E-state index contributed by atoms with van der Waals surface area (Å²) < 4.78 is 95.3. The summed E-state index contributed by atoms with van der Waals surface area (Å²) in [5, 5.41) is 4.75. The third-order valence-electron chi connectivity index (χ3n) is 5.45. The maximum Gasteiger partial charge on any atom is 0.418 e. The fourth-order valence-electron chi connectivity index (χ4n) is 3.63. The van der Waals surface area contributed by atoms with Gasteiger partial charge in [-0.2, -0.15) is 26.3 Å². The average Bonchev–Trinajstić information content (AvgIpc) is 2.88. The SMILES string of the molecule is COc1cc2nccc(Oc3ccc(NC(=O)Nc4cc(C(F)(F)F)ccc4C(F)(F)F)cc3)c2cc1OC. The number of methoxy groups -OCH3 is 2. The molecule has 204 valence electrons. The normalized spacial score (nSPS) is 11.7. The number of urea groups is 1. The summed E-state index contributed by atoms with van der Waals surface area (Å²) in [5.41, 5.74) is -3.08. The first-order valence-corrected chi connectivity index (χ1v) is 11.0. The molecular weight excluding hydrogens is 532 g/mol. The van der Waals surface area contributed by atoms with Gasteiger partial charge in [0.25, 0.3) is 0 Å². The molecule has 0 aliphatic heterocycles. The number of nitrogens with one attached hydrogen (secondary N) is 2. The molecule has 0 spiro atoms. The van der Waals surface area contributed by atoms with Crippen LogP contribution in [0.1, 0.15) is 11.1 Å². The van der Waals surface area contributed by atoms with Crippen molar-refractivity contribution in [2.75, 3.05) is 24.9 Å². The Balaban J connectivity index is 1.50. The number of aromatic nitrogens is 1. The third-order valence-corrected chi connectivity index (χ3v) is 5.45. The number of benzene rings is 3. The molecule has 2 amide bonds. The molecule has 3 aromatic carbocycles. The lowest BCUT2D eigenvalue weighted by atomic mass is 10.1. The Morgan fingerprint density at radius 1 is 0.769 bits per heavy atom. The van der Waals surface area contributed by atoms with E-state index in [2.05, 4.69) is 10.3 Å². The molecule has 0 unspecified atom stereocenters. The Morgan fingerprint density at radius 2 is 1.44 bits per heavy atom. The highest BCUT2D eigenvalue weighted by Crippen LogP contribution is 2.39. The van der Waals surface area contributed by atoms with Crippen LogP contribution in [0.25, 0.3) is 10.9 Å². The van der Waals surface area contributed by atoms with Crippen molar-refractivity contribution in [3.63, 3.8) is 0 Å². The van der Waals surface area contributed by atoms with Crippen LogP contribution < -0.4 is 24.8 Å². The number of hydrogen-bond donors (Lipinski definition) is 2. The van der Waals surface area contributed by atoms with Crippen molar-refractivity contribution in [1.82, 2.24) is 4.98 Å². The fraction of sp³-hybridized carbons (Fsp3) is 0.154. The highest BCUT2D eigenvalue weighted by atomic mass is 19.4. The van der Waals surface area contributed by atoms with E-state index in [1.807, 2.05) is 5.32 Å². The summed E-state index contributed by atoms with van der Waals surface area (Å²) >= 11 is 0. The first kappa shape index (κ1) is 27.4. The summed E-state index contributed by atoms with van der Waals surface area (Å²) in [7, 11) is 2.98. The van der Waals surface area contributed by atoms with E-state index in [0.717, 1.165) is 0 Å². The van der Waals surface area contributed by atoms with E-state index in [-0.39, 0.29) is 17.8 Å². The number of carbonyl (C=O) groups is 1. The number of nitrogens with zero attached hydrogens (tertiary/aromatic N) is 1. The zero-order valence-corrected chi connectivity index (χ0v) is 20.2. The lowest BCUT2D eigenvalue weighted by Gasteiger charge is -2.17. The van der Waals surface area contributed by atoms with Crippen molar-refractivity contribution in [3.05, 3.63) is 78.0 Å². The van der Waals surface area contributed by atoms with Crippen molar-refractivity contribution in [2.24, 2.45) is 0 Å². The average molecular weight is 551 g/mol. The van der Waals surface area contributed by atoms with Crippen LogP contribution in [0, 0.1) is 0 Å². The number of amides is 2. The van der Waals surface area contributed by atoms with Crippen LogP contribution in [0.3, 0.4) is 0 Å². The van der Waals surface area contributed by atoms with Crippen LogP contribution >= 0.6 is 0 Å². The molecule has 1 heterocycles. The van der Waals surface area contributed by atoms with Gasteiger partial charge in [-0.3, -0.25) is 4.98 Å². The predicted octanol–water partition coefficient (Wildman–Crippen LogP) is 7.73. The van der Waals surface area contributed by atoms with Crippen LogP contribution in [0.5, 0.6) is 23.0 Å². The molecule has 0 fully saturated rings. The Hall–Kier alpha value is -4.68. The molecule has 13 heteroatoms. The lowest BCUT2D eigenvalue weighted by Crippen LogP contribution is -2.22. The van der Waals surface area contributed by atoms with Crippen LogP contribution in [-0.2, 0) is 12.4 Å². The van der Waals surface area contributed by atoms with Gasteiger partial charge in [-0.05, 0) is 54.6 Å². The molecule has 4 rings (SSSR count). The van der Waals surface area contributed by atoms with Crippen LogP contribution in [0.15, 0.2) is 66.9 Å². The summed E-state index contributed by atoms with van der Waals surface area (Å²) in [6, 6.07) is 10.4. The van der Waals surface area contributed by atoms with Crippen molar-refractivity contribution in [3.8, 4) is 23.0 Å². The Kier molecular flexibility index (Phi) is 7.43. The highest BCUT2D eigenvalue weighted by molar-refractivity contribution is 6.00. The van der Waals surface area contributed by atoms with Gasteiger partial charge >= 0.3 is 18.4 Å². The van der Waals surface area contributed by atoms with Gasteiger partial charge in [-0.25, -0.2) is 4.79 Å². The van der Waals surface area contributed by atoms with E-state index in [4.69, 9.17) is 14.2 Å². The predicted molar refractivity (Wildman–Crippen MR) is 130 cm³/mol. The number of fused-ring (bicyclic) bond motifs is 1. The molecule has 1 aromatic heterocycles. The number of anilines is 2. The largest absolute Gasteiger partial charge is 0.493 e. The number of pyridine rings is 1. The van der Waals surface area contributed by atoms with Gasteiger partial charge < -0.3 is 24.8 Å². The first-order valence-electron chi connectivity index (χ1n) is 11.0. The number of carbonyl (C=O) groups excluding carboxylic acids is 1. The van der Waals surface area contributed by atoms with E-state index in [9.17, 15) is 31.1 Å². The van der Waals surface area contributed by atoms with Crippen molar-refractivity contribution >= 4 is 28.3 Å². The van der Waals surface area contributed by atoms with Crippen molar-refractivity contribution < 1.29 is 45.3 Å². The summed E-state index contributed by atoms with van der Waals surface area (Å²) in [6.07, 6.45) is -8.35. The topological polar surface area (TPSA) is 81.7 Å². The molecule has 0 aliphatic rings. The Labute approximate surface area is 217 Å². The maximum atomic E-state index is 13.3. The number of halogens is 6. The minimum absolute atomic E-state index is 0.145. The van der Waals surface area contributed by atoms with Crippen LogP contribution in [-0.4, -0.2) is 25.2 Å². The number of ether oxygens (including phenoxy) is 3. The number of alkyl halides is 6. The molecule has 0 saturated carbocycles. The number of rotatable bonds is 6. The van der Waals surface area contributed by atoms with Crippen LogP contribution in [0.4, 0.5) is 42.5 Å². The molecule has 7 nitrogen and oxygen atoms in total. The number of hydrogen-bond acceptors (Lipinski definition) is 5. The van der Waals surface area contributed by atoms with E-state index < -0.39 is 35.2 Å². The molecule has 0 radical (unpaired) electrons. The standard InChI is InChI=1S/C26H19F6N3O4/c1-37-22-12-17-19(13-23(22)38-2)33-10-9-21(17)39-16-6-4-15(5-7-16)34-24(36)35-20-11-14(25(27,28)29)3-8-18(20)26(30,31)32/h3-13H,1-2H3,(H2,34,35,36). The summed E-state index contributed by atoms with van der Waals surface area (Å²) in [6.45, 7) is 0. The van der Waals surface area contributed by atoms with Gasteiger partial charge in [0.1, 0.15) is 11.5 Å². The van der Waals surface area contributed by atoms with Gasteiger partial charge in [-0.1, -0.05) is 0 Å².